The van der Waals surface area contributed by atoms with Crippen LogP contribution in [0.2, 0.25) is 0 Å². The van der Waals surface area contributed by atoms with Gasteiger partial charge in [0.1, 0.15) is 0 Å². The van der Waals surface area contributed by atoms with Crippen LogP contribution in [-0.2, 0) is 0 Å². The van der Waals surface area contributed by atoms with Gasteiger partial charge in [-0.3, -0.25) is 9.78 Å². The Labute approximate surface area is 83.0 Å². The number of carbonyl (C=O) groups is 1. The molecule has 68 valence electrons. The Morgan fingerprint density at radius 1 is 1.46 bits per heavy atom. The molecule has 0 fully saturated rings. The number of nitrogens with zero attached hydrogens (tertiary/aromatic N) is 2. The molecule has 0 aliphatic carbocycles. The lowest BCUT2D eigenvalue weighted by Crippen LogP contribution is -2.24. The molecule has 1 rings (SSSR count). The summed E-state index contributed by atoms with van der Waals surface area (Å²) in [6, 6.07) is 1.59. The van der Waals surface area contributed by atoms with Gasteiger partial charge in [0.15, 0.2) is 5.96 Å². The first-order valence-electron chi connectivity index (χ1n) is 3.34. The summed E-state index contributed by atoms with van der Waals surface area (Å²) >= 11 is 3.17. The highest BCUT2D eigenvalue weighted by molar-refractivity contribution is 9.10. The van der Waals surface area contributed by atoms with Gasteiger partial charge in [0.05, 0.1) is 5.56 Å². The highest BCUT2D eigenvalue weighted by Crippen LogP contribution is 2.10. The van der Waals surface area contributed by atoms with E-state index in [4.69, 9.17) is 11.5 Å². The molecule has 0 atom stereocenters. The fraction of sp³-hybridized carbons (Fsp3) is 0. The van der Waals surface area contributed by atoms with Crippen LogP contribution in [0.3, 0.4) is 0 Å². The summed E-state index contributed by atoms with van der Waals surface area (Å²) < 4.78 is 0.698. The molecular formula is C7H7BrN4O. The Morgan fingerprint density at radius 2 is 2.15 bits per heavy atom. The summed E-state index contributed by atoms with van der Waals surface area (Å²) in [6.07, 6.45) is 2.95. The van der Waals surface area contributed by atoms with E-state index in [1.165, 1.54) is 6.20 Å². The Hall–Kier alpha value is -1.43. The molecule has 1 amide bonds. The van der Waals surface area contributed by atoms with Crippen molar-refractivity contribution in [1.82, 2.24) is 4.98 Å². The Morgan fingerprint density at radius 3 is 2.69 bits per heavy atom. The van der Waals surface area contributed by atoms with Gasteiger partial charge in [0.2, 0.25) is 0 Å². The molecule has 0 radical (unpaired) electrons. The Kier molecular flexibility index (Phi) is 2.97. The van der Waals surface area contributed by atoms with Crippen molar-refractivity contribution in [2.24, 2.45) is 16.5 Å². The van der Waals surface area contributed by atoms with Crippen LogP contribution in [0, 0.1) is 0 Å². The largest absolute Gasteiger partial charge is 0.370 e. The second kappa shape index (κ2) is 3.99. The van der Waals surface area contributed by atoms with Crippen LogP contribution in [0.1, 0.15) is 10.4 Å². The molecule has 4 N–H and O–H groups in total. The maximum Gasteiger partial charge on any atom is 0.281 e. The number of halogens is 1. The average Bonchev–Trinajstić information content (AvgIpc) is 2.03. The van der Waals surface area contributed by atoms with Crippen molar-refractivity contribution < 1.29 is 4.79 Å². The van der Waals surface area contributed by atoms with E-state index in [1.54, 1.807) is 12.3 Å². The van der Waals surface area contributed by atoms with Crippen LogP contribution >= 0.6 is 15.9 Å². The van der Waals surface area contributed by atoms with Gasteiger partial charge in [-0.1, -0.05) is 0 Å². The van der Waals surface area contributed by atoms with Crippen molar-refractivity contribution in [2.75, 3.05) is 0 Å². The number of carbonyl (C=O) groups excluding carboxylic acids is 1. The Balaban J connectivity index is 2.96. The lowest BCUT2D eigenvalue weighted by molar-refractivity contribution is 0.100. The number of amides is 1. The lowest BCUT2D eigenvalue weighted by atomic mass is 10.3. The molecule has 13 heavy (non-hydrogen) atoms. The molecular weight excluding hydrogens is 236 g/mol. The molecule has 1 aromatic heterocycles. The highest BCUT2D eigenvalue weighted by Gasteiger charge is 2.04. The SMILES string of the molecule is NC(N)=NC(=O)c1cncc(Br)c1. The molecule has 5 nitrogen and oxygen atoms in total. The molecule has 0 bridgehead atoms. The fourth-order valence-electron chi connectivity index (χ4n) is 0.711. The van der Waals surface area contributed by atoms with Gasteiger partial charge in [0.25, 0.3) is 5.91 Å². The highest BCUT2D eigenvalue weighted by atomic mass is 79.9. The van der Waals surface area contributed by atoms with E-state index in [-0.39, 0.29) is 5.96 Å². The number of aliphatic imine (C=N–C) groups is 1. The minimum Gasteiger partial charge on any atom is -0.370 e. The maximum absolute atomic E-state index is 11.2. The van der Waals surface area contributed by atoms with Crippen LogP contribution in [0.25, 0.3) is 0 Å². The first-order chi connectivity index (χ1) is 6.09. The van der Waals surface area contributed by atoms with E-state index < -0.39 is 5.91 Å². The predicted octanol–water partition coefficient (Wildman–Crippen LogP) is 0.258. The zero-order valence-electron chi connectivity index (χ0n) is 6.57. The van der Waals surface area contributed by atoms with Gasteiger partial charge >= 0.3 is 0 Å². The van der Waals surface area contributed by atoms with E-state index >= 15 is 0 Å². The Bertz CT molecular complexity index is 359. The third-order valence-electron chi connectivity index (χ3n) is 1.18. The minimum atomic E-state index is -0.506. The zero-order chi connectivity index (χ0) is 9.84. The van der Waals surface area contributed by atoms with E-state index in [9.17, 15) is 4.79 Å². The molecule has 0 aromatic carbocycles. The van der Waals surface area contributed by atoms with E-state index in [1.807, 2.05) is 0 Å². The number of nitrogens with two attached hydrogens (primary N) is 2. The van der Waals surface area contributed by atoms with Crippen molar-refractivity contribution >= 4 is 27.8 Å². The van der Waals surface area contributed by atoms with Gasteiger partial charge in [-0.05, 0) is 22.0 Å². The quantitative estimate of drug-likeness (QED) is 0.546. The molecule has 1 heterocycles. The van der Waals surface area contributed by atoms with Crippen LogP contribution in [0.15, 0.2) is 27.9 Å². The monoisotopic (exact) mass is 242 g/mol. The van der Waals surface area contributed by atoms with Crippen molar-refractivity contribution in [3.63, 3.8) is 0 Å². The number of rotatable bonds is 1. The van der Waals surface area contributed by atoms with E-state index in [2.05, 4.69) is 25.9 Å². The van der Waals surface area contributed by atoms with Crippen LogP contribution in [-0.4, -0.2) is 16.9 Å². The summed E-state index contributed by atoms with van der Waals surface area (Å²) in [5.74, 6) is -0.765. The topological polar surface area (TPSA) is 94.4 Å². The summed E-state index contributed by atoms with van der Waals surface area (Å²) in [4.78, 5) is 18.4. The second-order valence-corrected chi connectivity index (χ2v) is 3.15. The normalized spacial score (nSPS) is 9.31. The standard InChI is InChI=1S/C7H7BrN4O/c8-5-1-4(2-11-3-5)6(13)12-7(9)10/h1-3H,(H4,9,10,12,13). The lowest BCUT2D eigenvalue weighted by Gasteiger charge is -1.95. The molecule has 0 saturated heterocycles. The fourth-order valence-corrected chi connectivity index (χ4v) is 1.08. The summed E-state index contributed by atoms with van der Waals surface area (Å²) in [7, 11) is 0. The van der Waals surface area contributed by atoms with Gasteiger partial charge in [-0.25, -0.2) is 0 Å². The zero-order valence-corrected chi connectivity index (χ0v) is 8.15. The number of hydrogen-bond donors (Lipinski definition) is 2. The molecule has 0 aliphatic rings. The molecule has 6 heteroatoms. The molecule has 0 unspecified atom stereocenters. The van der Waals surface area contributed by atoms with Gasteiger partial charge in [-0.15, -0.1) is 0 Å². The van der Waals surface area contributed by atoms with Crippen LogP contribution in [0.4, 0.5) is 0 Å². The number of guanidine groups is 1. The van der Waals surface area contributed by atoms with Crippen molar-refractivity contribution in [3.05, 3.63) is 28.5 Å². The summed E-state index contributed by atoms with van der Waals surface area (Å²) in [6.45, 7) is 0. The third-order valence-corrected chi connectivity index (χ3v) is 1.62. The number of hydrogen-bond acceptors (Lipinski definition) is 2. The summed E-state index contributed by atoms with van der Waals surface area (Å²) in [5, 5.41) is 0. The van der Waals surface area contributed by atoms with E-state index in [0.29, 0.717) is 10.0 Å². The first kappa shape index (κ1) is 9.66. The van der Waals surface area contributed by atoms with Crippen LogP contribution in [0.5, 0.6) is 0 Å². The molecule has 0 aliphatic heterocycles. The number of pyridine rings is 1. The van der Waals surface area contributed by atoms with E-state index in [0.717, 1.165) is 0 Å². The molecule has 0 spiro atoms. The van der Waals surface area contributed by atoms with Gasteiger partial charge in [-0.2, -0.15) is 4.99 Å². The molecule has 0 saturated carbocycles. The predicted molar refractivity (Wildman–Crippen MR) is 52.1 cm³/mol. The van der Waals surface area contributed by atoms with Gasteiger partial charge in [0, 0.05) is 16.9 Å². The number of aromatic nitrogens is 1. The maximum atomic E-state index is 11.2. The second-order valence-electron chi connectivity index (χ2n) is 2.23. The smallest absolute Gasteiger partial charge is 0.281 e. The van der Waals surface area contributed by atoms with Crippen LogP contribution < -0.4 is 11.5 Å². The molecule has 1 aromatic rings. The van der Waals surface area contributed by atoms with Crippen molar-refractivity contribution in [2.45, 2.75) is 0 Å². The van der Waals surface area contributed by atoms with Crippen molar-refractivity contribution in [1.29, 1.82) is 0 Å². The van der Waals surface area contributed by atoms with Gasteiger partial charge < -0.3 is 11.5 Å². The third kappa shape index (κ3) is 2.83. The van der Waals surface area contributed by atoms with Crippen molar-refractivity contribution in [3.8, 4) is 0 Å². The first-order valence-corrected chi connectivity index (χ1v) is 4.13. The summed E-state index contributed by atoms with van der Waals surface area (Å²) in [5.41, 5.74) is 10.4. The average molecular weight is 243 g/mol. The minimum absolute atomic E-state index is 0.259.